The molecule has 102 valence electrons. The number of imide groups is 1. The molecule has 1 aliphatic rings. The number of rotatable bonds is 2. The van der Waals surface area contributed by atoms with Crippen molar-refractivity contribution in [1.29, 1.82) is 0 Å². The maximum Gasteiger partial charge on any atom is 0.240 e. The van der Waals surface area contributed by atoms with Crippen LogP contribution in [0.1, 0.15) is 32.8 Å². The molecule has 4 heteroatoms. The minimum absolute atomic E-state index is 0.0892. The molecular weight excluding hydrogens is 306 g/mol. The van der Waals surface area contributed by atoms with E-state index in [-0.39, 0.29) is 24.2 Å². The van der Waals surface area contributed by atoms with E-state index >= 15 is 0 Å². The quantitative estimate of drug-likeness (QED) is 0.778. The first-order valence-electron chi connectivity index (χ1n) is 6.41. The Morgan fingerprint density at radius 1 is 1.32 bits per heavy atom. The zero-order valence-electron chi connectivity index (χ0n) is 11.7. The average Bonchev–Trinajstić information content (AvgIpc) is 2.55. The van der Waals surface area contributed by atoms with Gasteiger partial charge in [-0.15, -0.1) is 0 Å². The smallest absolute Gasteiger partial charge is 0.240 e. The van der Waals surface area contributed by atoms with Gasteiger partial charge in [-0.1, -0.05) is 35.8 Å². The number of aryl methyl sites for hydroxylation is 1. The number of hydrogen-bond acceptors (Lipinski definition) is 2. The number of carbonyl (C=O) groups excluding carboxylic acids is 2. The van der Waals surface area contributed by atoms with Crippen molar-refractivity contribution in [2.24, 2.45) is 11.3 Å². The van der Waals surface area contributed by atoms with Crippen molar-refractivity contribution in [2.45, 2.75) is 34.1 Å². The van der Waals surface area contributed by atoms with Crippen molar-refractivity contribution >= 4 is 33.4 Å². The number of halogens is 1. The van der Waals surface area contributed by atoms with Gasteiger partial charge in [0.15, 0.2) is 0 Å². The van der Waals surface area contributed by atoms with Crippen LogP contribution in [0.15, 0.2) is 22.7 Å². The van der Waals surface area contributed by atoms with E-state index in [1.165, 1.54) is 4.90 Å². The highest BCUT2D eigenvalue weighted by Crippen LogP contribution is 2.42. The molecule has 1 aromatic carbocycles. The summed E-state index contributed by atoms with van der Waals surface area (Å²) in [5.74, 6) is -0.0579. The molecule has 19 heavy (non-hydrogen) atoms. The number of hydrogen-bond donors (Lipinski definition) is 0. The van der Waals surface area contributed by atoms with Crippen molar-refractivity contribution < 1.29 is 9.59 Å². The molecule has 1 heterocycles. The highest BCUT2D eigenvalue weighted by molar-refractivity contribution is 9.10. The Bertz CT molecular complexity index is 553. The predicted octanol–water partition coefficient (Wildman–Crippen LogP) is 3.68. The molecule has 0 bridgehead atoms. The van der Waals surface area contributed by atoms with E-state index < -0.39 is 5.41 Å². The fourth-order valence-electron chi connectivity index (χ4n) is 2.36. The van der Waals surface area contributed by atoms with Gasteiger partial charge in [0.1, 0.15) is 0 Å². The molecular formula is C15H18BrNO2. The van der Waals surface area contributed by atoms with Crippen LogP contribution in [0.3, 0.4) is 0 Å². The summed E-state index contributed by atoms with van der Waals surface area (Å²) in [4.78, 5) is 26.2. The molecule has 1 saturated heterocycles. The molecule has 0 aromatic heterocycles. The largest absolute Gasteiger partial charge is 0.274 e. The summed E-state index contributed by atoms with van der Waals surface area (Å²) in [7, 11) is 0. The van der Waals surface area contributed by atoms with Gasteiger partial charge in [0.05, 0.1) is 11.1 Å². The number of amides is 2. The highest BCUT2D eigenvalue weighted by Gasteiger charge is 2.50. The topological polar surface area (TPSA) is 37.4 Å². The molecule has 2 rings (SSSR count). The summed E-state index contributed by atoms with van der Waals surface area (Å²) in [6.07, 6.45) is 0.287. The Labute approximate surface area is 122 Å². The van der Waals surface area contributed by atoms with Crippen LogP contribution < -0.4 is 4.90 Å². The molecule has 1 aromatic rings. The SMILES string of the molecule is Cc1ccc(Br)cc1N1C(=O)CC(C)(C(C)C)C1=O. The zero-order chi connectivity index (χ0) is 14.4. The molecule has 0 saturated carbocycles. The molecule has 1 unspecified atom stereocenters. The van der Waals surface area contributed by atoms with Crippen LogP contribution in [0.2, 0.25) is 0 Å². The molecule has 0 radical (unpaired) electrons. The third-order valence-electron chi connectivity index (χ3n) is 4.15. The summed E-state index contributed by atoms with van der Waals surface area (Å²) in [6, 6.07) is 5.65. The Morgan fingerprint density at radius 3 is 2.47 bits per heavy atom. The molecule has 1 fully saturated rings. The predicted molar refractivity (Wildman–Crippen MR) is 78.9 cm³/mol. The second-order valence-electron chi connectivity index (χ2n) is 5.71. The van der Waals surface area contributed by atoms with E-state index in [9.17, 15) is 9.59 Å². The summed E-state index contributed by atoms with van der Waals surface area (Å²) in [5.41, 5.74) is 1.03. The van der Waals surface area contributed by atoms with Gasteiger partial charge in [-0.2, -0.15) is 0 Å². The monoisotopic (exact) mass is 323 g/mol. The van der Waals surface area contributed by atoms with Crippen LogP contribution in [0, 0.1) is 18.3 Å². The van der Waals surface area contributed by atoms with E-state index in [0.717, 1.165) is 10.0 Å². The molecule has 0 spiro atoms. The van der Waals surface area contributed by atoms with E-state index in [2.05, 4.69) is 15.9 Å². The Morgan fingerprint density at radius 2 is 1.95 bits per heavy atom. The highest BCUT2D eigenvalue weighted by atomic mass is 79.9. The van der Waals surface area contributed by atoms with Crippen LogP contribution in [0.25, 0.3) is 0 Å². The Balaban J connectivity index is 2.49. The lowest BCUT2D eigenvalue weighted by atomic mass is 9.78. The van der Waals surface area contributed by atoms with Crippen LogP contribution in [-0.4, -0.2) is 11.8 Å². The lowest BCUT2D eigenvalue weighted by Crippen LogP contribution is -2.37. The number of nitrogens with zero attached hydrogens (tertiary/aromatic N) is 1. The summed E-state index contributed by atoms with van der Waals surface area (Å²) < 4.78 is 0.867. The number of anilines is 1. The first kappa shape index (κ1) is 14.3. The van der Waals surface area contributed by atoms with Crippen LogP contribution >= 0.6 is 15.9 Å². The van der Waals surface area contributed by atoms with Crippen LogP contribution in [-0.2, 0) is 9.59 Å². The summed E-state index contributed by atoms with van der Waals surface area (Å²) in [5, 5.41) is 0. The van der Waals surface area contributed by atoms with Crippen molar-refractivity contribution in [1.82, 2.24) is 0 Å². The van der Waals surface area contributed by atoms with Gasteiger partial charge < -0.3 is 0 Å². The second kappa shape index (κ2) is 4.75. The third kappa shape index (κ3) is 2.22. The Hall–Kier alpha value is -1.16. The van der Waals surface area contributed by atoms with Crippen LogP contribution in [0.5, 0.6) is 0 Å². The van der Waals surface area contributed by atoms with Gasteiger partial charge in [0.25, 0.3) is 0 Å². The molecule has 3 nitrogen and oxygen atoms in total. The Kier molecular flexibility index (Phi) is 3.56. The van der Waals surface area contributed by atoms with Gasteiger partial charge in [-0.25, -0.2) is 4.90 Å². The summed E-state index contributed by atoms with van der Waals surface area (Å²) >= 11 is 3.39. The fourth-order valence-corrected chi connectivity index (χ4v) is 2.70. The molecule has 0 aliphatic carbocycles. The molecule has 0 N–H and O–H groups in total. The molecule has 2 amide bonds. The first-order chi connectivity index (χ1) is 8.77. The zero-order valence-corrected chi connectivity index (χ0v) is 13.2. The van der Waals surface area contributed by atoms with Gasteiger partial charge in [0, 0.05) is 10.9 Å². The van der Waals surface area contributed by atoms with E-state index in [4.69, 9.17) is 0 Å². The van der Waals surface area contributed by atoms with Gasteiger partial charge in [-0.3, -0.25) is 9.59 Å². The average molecular weight is 324 g/mol. The number of benzene rings is 1. The minimum Gasteiger partial charge on any atom is -0.274 e. The van der Waals surface area contributed by atoms with E-state index in [0.29, 0.717) is 5.69 Å². The molecule has 1 aliphatic heterocycles. The number of carbonyl (C=O) groups is 2. The lowest BCUT2D eigenvalue weighted by molar-refractivity contribution is -0.126. The van der Waals surface area contributed by atoms with E-state index in [1.807, 2.05) is 45.9 Å². The van der Waals surface area contributed by atoms with Crippen molar-refractivity contribution in [2.75, 3.05) is 4.90 Å². The lowest BCUT2D eigenvalue weighted by Gasteiger charge is -2.26. The van der Waals surface area contributed by atoms with Gasteiger partial charge in [-0.05, 0) is 37.5 Å². The van der Waals surface area contributed by atoms with Crippen LogP contribution in [0.4, 0.5) is 5.69 Å². The fraction of sp³-hybridized carbons (Fsp3) is 0.467. The third-order valence-corrected chi connectivity index (χ3v) is 4.64. The van der Waals surface area contributed by atoms with Gasteiger partial charge in [0.2, 0.25) is 11.8 Å². The maximum absolute atomic E-state index is 12.6. The maximum atomic E-state index is 12.6. The van der Waals surface area contributed by atoms with Crippen molar-refractivity contribution in [3.8, 4) is 0 Å². The summed E-state index contributed by atoms with van der Waals surface area (Å²) in [6.45, 7) is 7.77. The standard InChI is InChI=1S/C15H18BrNO2/c1-9(2)15(4)8-13(18)17(14(15)19)12-7-11(16)6-5-10(12)3/h5-7,9H,8H2,1-4H3. The second-order valence-corrected chi connectivity index (χ2v) is 6.63. The normalized spacial score (nSPS) is 23.6. The molecule has 1 atom stereocenters. The first-order valence-corrected chi connectivity index (χ1v) is 7.20. The van der Waals surface area contributed by atoms with Crippen molar-refractivity contribution in [3.05, 3.63) is 28.2 Å². The van der Waals surface area contributed by atoms with Crippen molar-refractivity contribution in [3.63, 3.8) is 0 Å². The minimum atomic E-state index is -0.591. The van der Waals surface area contributed by atoms with E-state index in [1.54, 1.807) is 0 Å². The van der Waals surface area contributed by atoms with Gasteiger partial charge >= 0.3 is 0 Å².